The lowest BCUT2D eigenvalue weighted by Gasteiger charge is -2.16. The van der Waals surface area contributed by atoms with Crippen LogP contribution in [0.2, 0.25) is 0 Å². The first-order valence-corrected chi connectivity index (χ1v) is 9.05. The average molecular weight is 321 g/mol. The second-order valence-electron chi connectivity index (χ2n) is 5.34. The highest BCUT2D eigenvalue weighted by molar-refractivity contribution is 7.89. The summed E-state index contributed by atoms with van der Waals surface area (Å²) in [5, 5.41) is 0. The van der Waals surface area contributed by atoms with Gasteiger partial charge in [-0.3, -0.25) is 0 Å². The van der Waals surface area contributed by atoms with E-state index in [0.717, 1.165) is 25.0 Å². The molecule has 0 radical (unpaired) electrons. The molecule has 0 saturated carbocycles. The van der Waals surface area contributed by atoms with Crippen molar-refractivity contribution in [3.63, 3.8) is 0 Å². The van der Waals surface area contributed by atoms with Crippen LogP contribution in [0.3, 0.4) is 0 Å². The maximum Gasteiger partial charge on any atom is 0.244 e. The molecule has 0 fully saturated rings. The van der Waals surface area contributed by atoms with Crippen LogP contribution >= 0.6 is 11.6 Å². The Kier molecular flexibility index (Phi) is 6.55. The molecule has 0 aliphatic carbocycles. The van der Waals surface area contributed by atoms with Gasteiger partial charge in [0.1, 0.15) is 4.90 Å². The number of aromatic nitrogens is 1. The van der Waals surface area contributed by atoms with Crippen LogP contribution in [0.1, 0.15) is 51.8 Å². The van der Waals surface area contributed by atoms with Gasteiger partial charge in [0, 0.05) is 31.5 Å². The van der Waals surface area contributed by atoms with E-state index in [1.165, 1.54) is 4.31 Å². The van der Waals surface area contributed by atoms with Crippen molar-refractivity contribution < 1.29 is 8.42 Å². The largest absolute Gasteiger partial charge is 0.346 e. The Morgan fingerprint density at radius 1 is 1.35 bits per heavy atom. The van der Waals surface area contributed by atoms with Crippen LogP contribution in [0, 0.1) is 0 Å². The van der Waals surface area contributed by atoms with Crippen molar-refractivity contribution in [2.45, 2.75) is 56.9 Å². The molecule has 0 aromatic carbocycles. The van der Waals surface area contributed by atoms with E-state index in [-0.39, 0.29) is 6.04 Å². The number of hydrogen-bond acceptors (Lipinski definition) is 2. The van der Waals surface area contributed by atoms with Gasteiger partial charge in [0.05, 0.1) is 5.88 Å². The van der Waals surface area contributed by atoms with E-state index in [1.807, 2.05) is 18.4 Å². The molecule has 0 aliphatic heterocycles. The minimum Gasteiger partial charge on any atom is -0.346 e. The Balaban J connectivity index is 2.97. The Morgan fingerprint density at radius 3 is 2.45 bits per heavy atom. The fourth-order valence-corrected chi connectivity index (χ4v) is 3.59. The lowest BCUT2D eigenvalue weighted by molar-refractivity contribution is 0.454. The summed E-state index contributed by atoms with van der Waals surface area (Å²) in [5.74, 6) is 0.313. The van der Waals surface area contributed by atoms with Crippen molar-refractivity contribution >= 4 is 21.6 Å². The minimum atomic E-state index is -3.41. The van der Waals surface area contributed by atoms with Crippen LogP contribution in [0.25, 0.3) is 0 Å². The predicted molar refractivity (Wildman–Crippen MR) is 83.7 cm³/mol. The Hall–Kier alpha value is -0.520. The van der Waals surface area contributed by atoms with Gasteiger partial charge in [0.25, 0.3) is 0 Å². The third-order valence-corrected chi connectivity index (χ3v) is 5.48. The zero-order valence-electron chi connectivity index (χ0n) is 12.8. The van der Waals surface area contributed by atoms with E-state index in [2.05, 4.69) is 6.92 Å². The van der Waals surface area contributed by atoms with Crippen molar-refractivity contribution in [3.8, 4) is 0 Å². The fourth-order valence-electron chi connectivity index (χ4n) is 2.11. The molecule has 0 N–H and O–H groups in total. The zero-order valence-corrected chi connectivity index (χ0v) is 14.3. The van der Waals surface area contributed by atoms with Crippen LogP contribution in [0.4, 0.5) is 0 Å². The highest BCUT2D eigenvalue weighted by Crippen LogP contribution is 2.22. The van der Waals surface area contributed by atoms with E-state index in [1.54, 1.807) is 19.3 Å². The van der Waals surface area contributed by atoms with Gasteiger partial charge in [-0.2, -0.15) is 0 Å². The molecule has 116 valence electrons. The number of hydrogen-bond donors (Lipinski definition) is 0. The highest BCUT2D eigenvalue weighted by atomic mass is 35.5. The van der Waals surface area contributed by atoms with Gasteiger partial charge in [0.2, 0.25) is 10.0 Å². The third-order valence-electron chi connectivity index (χ3n) is 3.38. The lowest BCUT2D eigenvalue weighted by atomic mass is 10.2. The number of rotatable bonds is 8. The van der Waals surface area contributed by atoms with Crippen LogP contribution < -0.4 is 0 Å². The van der Waals surface area contributed by atoms with Gasteiger partial charge < -0.3 is 4.57 Å². The maximum atomic E-state index is 12.5. The maximum absolute atomic E-state index is 12.5. The molecule has 0 amide bonds. The summed E-state index contributed by atoms with van der Waals surface area (Å²) in [6, 6.07) is 1.87. The number of nitrogens with zero attached hydrogens (tertiary/aromatic N) is 2. The summed E-state index contributed by atoms with van der Waals surface area (Å²) >= 11 is 5.89. The van der Waals surface area contributed by atoms with Gasteiger partial charge in [-0.05, 0) is 26.3 Å². The Morgan fingerprint density at radius 2 is 2.00 bits per heavy atom. The highest BCUT2D eigenvalue weighted by Gasteiger charge is 2.23. The second-order valence-corrected chi connectivity index (χ2v) is 7.65. The van der Waals surface area contributed by atoms with E-state index in [4.69, 9.17) is 11.6 Å². The average Bonchev–Trinajstić information content (AvgIpc) is 2.83. The molecule has 1 aromatic rings. The number of sulfonamides is 1. The smallest absolute Gasteiger partial charge is 0.244 e. The van der Waals surface area contributed by atoms with Crippen molar-refractivity contribution in [2.24, 2.45) is 0 Å². The first-order chi connectivity index (χ1) is 9.34. The van der Waals surface area contributed by atoms with E-state index >= 15 is 0 Å². The molecular weight excluding hydrogens is 296 g/mol. The summed E-state index contributed by atoms with van der Waals surface area (Å²) in [7, 11) is -1.77. The number of halogens is 1. The Bertz CT molecular complexity index is 523. The van der Waals surface area contributed by atoms with Crippen molar-refractivity contribution in [1.82, 2.24) is 8.87 Å². The second kappa shape index (κ2) is 7.48. The summed E-state index contributed by atoms with van der Waals surface area (Å²) in [6.07, 6.45) is 4.70. The molecule has 1 heterocycles. The summed E-state index contributed by atoms with van der Waals surface area (Å²) in [6.45, 7) is 6.68. The molecule has 1 aromatic heterocycles. The van der Waals surface area contributed by atoms with Gasteiger partial charge in [-0.1, -0.05) is 19.8 Å². The van der Waals surface area contributed by atoms with Crippen LogP contribution in [0.15, 0.2) is 17.2 Å². The molecule has 1 rings (SSSR count). The summed E-state index contributed by atoms with van der Waals surface area (Å²) in [4.78, 5) is 0.334. The molecule has 6 heteroatoms. The third kappa shape index (κ3) is 3.99. The lowest BCUT2D eigenvalue weighted by Crippen LogP contribution is -2.27. The normalized spacial score (nSPS) is 12.6. The molecule has 0 saturated heterocycles. The number of alkyl halides is 1. The van der Waals surface area contributed by atoms with E-state index in [9.17, 15) is 8.42 Å². The van der Waals surface area contributed by atoms with Crippen LogP contribution in [0.5, 0.6) is 0 Å². The molecule has 4 nitrogen and oxygen atoms in total. The molecule has 0 bridgehead atoms. The molecule has 0 atom stereocenters. The van der Waals surface area contributed by atoms with E-state index in [0.29, 0.717) is 17.3 Å². The summed E-state index contributed by atoms with van der Waals surface area (Å²) < 4.78 is 28.3. The van der Waals surface area contributed by atoms with Gasteiger partial charge in [-0.15, -0.1) is 11.6 Å². The summed E-state index contributed by atoms with van der Waals surface area (Å²) in [5.41, 5.74) is 0.835. The molecule has 0 unspecified atom stereocenters. The van der Waals surface area contributed by atoms with Gasteiger partial charge >= 0.3 is 0 Å². The Labute approximate surface area is 127 Å². The van der Waals surface area contributed by atoms with Crippen LogP contribution in [-0.4, -0.2) is 30.9 Å². The first kappa shape index (κ1) is 17.5. The first-order valence-electron chi connectivity index (χ1n) is 7.07. The monoisotopic (exact) mass is 320 g/mol. The fraction of sp³-hybridized carbons (Fsp3) is 0.714. The predicted octanol–water partition coefficient (Wildman–Crippen LogP) is 3.62. The SMILES string of the molecule is CCCCCN(C)S(=O)(=O)c1cc(CCl)n(C(C)C)c1. The standard InChI is InChI=1S/C14H25ClN2O2S/c1-5-6-7-8-16(4)20(18,19)14-9-13(10-15)17(11-14)12(2)3/h9,11-12H,5-8,10H2,1-4H3. The van der Waals surface area contributed by atoms with Crippen LogP contribution in [-0.2, 0) is 15.9 Å². The van der Waals surface area contributed by atoms with Crippen molar-refractivity contribution in [2.75, 3.05) is 13.6 Å². The molecule has 0 aliphatic rings. The molecule has 20 heavy (non-hydrogen) atoms. The zero-order chi connectivity index (χ0) is 15.3. The quantitative estimate of drug-likeness (QED) is 0.542. The van der Waals surface area contributed by atoms with Gasteiger partial charge in [-0.25, -0.2) is 12.7 Å². The van der Waals surface area contributed by atoms with E-state index < -0.39 is 10.0 Å². The number of unbranched alkanes of at least 4 members (excludes halogenated alkanes) is 2. The molecule has 0 spiro atoms. The minimum absolute atomic E-state index is 0.193. The van der Waals surface area contributed by atoms with Crippen molar-refractivity contribution in [3.05, 3.63) is 18.0 Å². The van der Waals surface area contributed by atoms with Gasteiger partial charge in [0.15, 0.2) is 0 Å². The topological polar surface area (TPSA) is 42.3 Å². The molecular formula is C14H25ClN2O2S. The van der Waals surface area contributed by atoms with Crippen molar-refractivity contribution in [1.29, 1.82) is 0 Å².